The van der Waals surface area contributed by atoms with Gasteiger partial charge in [0, 0.05) is 37.8 Å². The summed E-state index contributed by atoms with van der Waals surface area (Å²) < 4.78 is 13.2. The zero-order valence-electron chi connectivity index (χ0n) is 17.0. The molecule has 1 unspecified atom stereocenters. The van der Waals surface area contributed by atoms with Gasteiger partial charge in [0.05, 0.1) is 19.2 Å². The third-order valence-electron chi connectivity index (χ3n) is 5.55. The van der Waals surface area contributed by atoms with E-state index in [2.05, 4.69) is 19.9 Å². The van der Waals surface area contributed by atoms with Crippen LogP contribution in [-0.4, -0.2) is 66.6 Å². The standard InChI is InChI=1S/C20H23N7O3/c1-3-27-16(13-8-21-20(29-2)22-9-13)25-15-17(27)23-11-24-18(15)30-14-6-7-26(10-14)19(28)12-4-5-12/h8-9,11-12,14H,3-7,10H2,1-2H3. The quantitative estimate of drug-likeness (QED) is 0.605. The number of carbonyl (C=O) groups is 1. The second-order valence-corrected chi connectivity index (χ2v) is 7.58. The van der Waals surface area contributed by atoms with Crippen molar-refractivity contribution in [3.63, 3.8) is 0 Å². The van der Waals surface area contributed by atoms with E-state index in [4.69, 9.17) is 14.5 Å². The molecule has 5 rings (SSSR count). The molecule has 10 heteroatoms. The van der Waals surface area contributed by atoms with Crippen molar-refractivity contribution in [2.75, 3.05) is 20.2 Å². The zero-order chi connectivity index (χ0) is 20.7. The number of carbonyl (C=O) groups excluding carboxylic acids is 1. The van der Waals surface area contributed by atoms with Crippen molar-refractivity contribution in [2.45, 2.75) is 38.8 Å². The summed E-state index contributed by atoms with van der Waals surface area (Å²) in [6.07, 6.45) is 7.56. The van der Waals surface area contributed by atoms with Crippen molar-refractivity contribution in [2.24, 2.45) is 5.92 Å². The molecule has 156 valence electrons. The van der Waals surface area contributed by atoms with E-state index < -0.39 is 0 Å². The molecule has 3 aromatic heterocycles. The minimum Gasteiger partial charge on any atom is -0.471 e. The van der Waals surface area contributed by atoms with Crippen LogP contribution < -0.4 is 9.47 Å². The lowest BCUT2D eigenvalue weighted by Gasteiger charge is -2.16. The normalized spacial score (nSPS) is 18.7. The molecule has 0 bridgehead atoms. The SMILES string of the molecule is CCn1c(-c2cnc(OC)nc2)nc2c(OC3CCN(C(=O)C4CC4)C3)ncnc21. The summed E-state index contributed by atoms with van der Waals surface area (Å²) in [6, 6.07) is 0.299. The molecule has 0 radical (unpaired) electrons. The van der Waals surface area contributed by atoms with Crippen molar-refractivity contribution in [3.8, 4) is 23.3 Å². The Morgan fingerprint density at radius 2 is 1.97 bits per heavy atom. The van der Waals surface area contributed by atoms with Gasteiger partial charge >= 0.3 is 6.01 Å². The maximum absolute atomic E-state index is 12.3. The number of aromatic nitrogens is 6. The predicted molar refractivity (Wildman–Crippen MR) is 107 cm³/mol. The van der Waals surface area contributed by atoms with Crippen LogP contribution in [0.15, 0.2) is 18.7 Å². The third-order valence-corrected chi connectivity index (χ3v) is 5.55. The van der Waals surface area contributed by atoms with Crippen LogP contribution in [0, 0.1) is 5.92 Å². The van der Waals surface area contributed by atoms with Crippen LogP contribution in [0.2, 0.25) is 0 Å². The summed E-state index contributed by atoms with van der Waals surface area (Å²) in [7, 11) is 1.53. The van der Waals surface area contributed by atoms with Crippen LogP contribution in [-0.2, 0) is 11.3 Å². The fourth-order valence-corrected chi connectivity index (χ4v) is 3.83. The van der Waals surface area contributed by atoms with E-state index in [1.54, 1.807) is 12.4 Å². The smallest absolute Gasteiger partial charge is 0.316 e. The maximum Gasteiger partial charge on any atom is 0.316 e. The number of aryl methyl sites for hydroxylation is 1. The molecule has 2 fully saturated rings. The molecule has 3 aromatic rings. The van der Waals surface area contributed by atoms with Crippen LogP contribution in [0.3, 0.4) is 0 Å². The molecule has 1 aliphatic heterocycles. The van der Waals surface area contributed by atoms with E-state index in [0.717, 1.165) is 31.4 Å². The molecule has 0 aromatic carbocycles. The lowest BCUT2D eigenvalue weighted by atomic mass is 10.3. The maximum atomic E-state index is 12.3. The summed E-state index contributed by atoms with van der Waals surface area (Å²) in [5.41, 5.74) is 2.04. The minimum atomic E-state index is -0.0923. The molecule has 0 spiro atoms. The van der Waals surface area contributed by atoms with Crippen LogP contribution in [0.25, 0.3) is 22.6 Å². The number of methoxy groups -OCH3 is 1. The molecule has 30 heavy (non-hydrogen) atoms. The molecule has 1 saturated heterocycles. The number of hydrogen-bond acceptors (Lipinski definition) is 8. The van der Waals surface area contributed by atoms with Gasteiger partial charge < -0.3 is 18.9 Å². The first-order chi connectivity index (χ1) is 14.7. The van der Waals surface area contributed by atoms with Crippen molar-refractivity contribution < 1.29 is 14.3 Å². The molecule has 4 heterocycles. The Balaban J connectivity index is 1.43. The van der Waals surface area contributed by atoms with Crippen molar-refractivity contribution in [1.29, 1.82) is 0 Å². The van der Waals surface area contributed by atoms with E-state index in [1.807, 2.05) is 16.4 Å². The molecular weight excluding hydrogens is 386 g/mol. The largest absolute Gasteiger partial charge is 0.471 e. The third kappa shape index (κ3) is 3.31. The van der Waals surface area contributed by atoms with Gasteiger partial charge in [-0.1, -0.05) is 0 Å². The molecule has 1 saturated carbocycles. The monoisotopic (exact) mass is 409 g/mol. The highest BCUT2D eigenvalue weighted by Crippen LogP contribution is 2.33. The second kappa shape index (κ2) is 7.51. The first kappa shape index (κ1) is 18.7. The molecule has 1 atom stereocenters. The van der Waals surface area contributed by atoms with Gasteiger partial charge in [0.25, 0.3) is 0 Å². The van der Waals surface area contributed by atoms with E-state index in [1.165, 1.54) is 13.4 Å². The Kier molecular flexibility index (Phi) is 4.68. The topological polar surface area (TPSA) is 108 Å². The van der Waals surface area contributed by atoms with Crippen LogP contribution >= 0.6 is 0 Å². The van der Waals surface area contributed by atoms with E-state index in [9.17, 15) is 4.79 Å². The van der Waals surface area contributed by atoms with Gasteiger partial charge in [-0.2, -0.15) is 4.98 Å². The summed E-state index contributed by atoms with van der Waals surface area (Å²) >= 11 is 0. The molecule has 10 nitrogen and oxygen atoms in total. The van der Waals surface area contributed by atoms with Crippen molar-refractivity contribution in [1.82, 2.24) is 34.4 Å². The first-order valence-electron chi connectivity index (χ1n) is 10.2. The highest BCUT2D eigenvalue weighted by molar-refractivity contribution is 5.82. The van der Waals surface area contributed by atoms with E-state index in [0.29, 0.717) is 42.0 Å². The van der Waals surface area contributed by atoms with E-state index >= 15 is 0 Å². The first-order valence-corrected chi connectivity index (χ1v) is 10.2. The summed E-state index contributed by atoms with van der Waals surface area (Å²) in [6.45, 7) is 4.01. The molecule has 1 aliphatic carbocycles. The number of imidazole rings is 1. The zero-order valence-corrected chi connectivity index (χ0v) is 17.0. The number of ether oxygens (including phenoxy) is 2. The predicted octanol–water partition coefficient (Wildman–Crippen LogP) is 1.70. The fraction of sp³-hybridized carbons (Fsp3) is 0.500. The summed E-state index contributed by atoms with van der Waals surface area (Å²) in [4.78, 5) is 36.1. The molecule has 0 N–H and O–H groups in total. The number of likely N-dealkylation sites (tertiary alicyclic amines) is 1. The summed E-state index contributed by atoms with van der Waals surface area (Å²) in [5.74, 6) is 1.61. The van der Waals surface area contributed by atoms with Gasteiger partial charge in [-0.15, -0.1) is 0 Å². The minimum absolute atomic E-state index is 0.0923. The number of fused-ring (bicyclic) bond motifs is 1. The van der Waals surface area contributed by atoms with Gasteiger partial charge in [-0.05, 0) is 19.8 Å². The Labute approximate surface area is 173 Å². The van der Waals surface area contributed by atoms with E-state index in [-0.39, 0.29) is 17.9 Å². The summed E-state index contributed by atoms with van der Waals surface area (Å²) in [5, 5.41) is 0. The fourth-order valence-electron chi connectivity index (χ4n) is 3.83. The van der Waals surface area contributed by atoms with Crippen molar-refractivity contribution >= 4 is 17.1 Å². The Hall–Kier alpha value is -3.30. The van der Waals surface area contributed by atoms with Crippen LogP contribution in [0.1, 0.15) is 26.2 Å². The molecule has 2 aliphatic rings. The van der Waals surface area contributed by atoms with Crippen molar-refractivity contribution in [3.05, 3.63) is 18.7 Å². The van der Waals surface area contributed by atoms with Gasteiger partial charge in [0.2, 0.25) is 11.8 Å². The van der Waals surface area contributed by atoms with Gasteiger partial charge in [0.15, 0.2) is 11.2 Å². The van der Waals surface area contributed by atoms with Gasteiger partial charge in [0.1, 0.15) is 18.3 Å². The lowest BCUT2D eigenvalue weighted by Crippen LogP contribution is -2.32. The average molecular weight is 409 g/mol. The van der Waals surface area contributed by atoms with Gasteiger partial charge in [-0.25, -0.2) is 19.9 Å². The highest BCUT2D eigenvalue weighted by Gasteiger charge is 2.37. The van der Waals surface area contributed by atoms with Gasteiger partial charge in [-0.3, -0.25) is 4.79 Å². The lowest BCUT2D eigenvalue weighted by molar-refractivity contribution is -0.131. The highest BCUT2D eigenvalue weighted by atomic mass is 16.5. The molecular formula is C20H23N7O3. The average Bonchev–Trinajstić information content (AvgIpc) is 3.41. The number of hydrogen-bond donors (Lipinski definition) is 0. The molecule has 1 amide bonds. The Morgan fingerprint density at radius 1 is 1.17 bits per heavy atom. The second-order valence-electron chi connectivity index (χ2n) is 7.58. The van der Waals surface area contributed by atoms with Crippen LogP contribution in [0.5, 0.6) is 11.9 Å². The number of rotatable bonds is 6. The Bertz CT molecular complexity index is 1080. The Morgan fingerprint density at radius 3 is 2.67 bits per heavy atom. The van der Waals surface area contributed by atoms with Crippen LogP contribution in [0.4, 0.5) is 0 Å². The number of nitrogens with zero attached hydrogens (tertiary/aromatic N) is 7. The number of amides is 1.